The van der Waals surface area contributed by atoms with Crippen LogP contribution in [0.25, 0.3) is 16.7 Å². The zero-order valence-corrected chi connectivity index (χ0v) is 23.3. The Morgan fingerprint density at radius 2 is 2.08 bits per heavy atom. The minimum Gasteiger partial charge on any atom is -0.474 e. The number of nitrogens with zero attached hydrogens (tertiary/aromatic N) is 5. The maximum atomic E-state index is 13.5. The molecule has 12 heteroatoms. The molecule has 0 unspecified atom stereocenters. The van der Waals surface area contributed by atoms with Gasteiger partial charge in [-0.2, -0.15) is 5.10 Å². The first-order valence-electron chi connectivity index (χ1n) is 13.2. The van der Waals surface area contributed by atoms with Crippen LogP contribution in [0.15, 0.2) is 47.5 Å². The number of pyridine rings is 2. The minimum absolute atomic E-state index is 0.0177. The number of carbonyl (C=O) groups is 1. The lowest BCUT2D eigenvalue weighted by Crippen LogP contribution is -2.34. The topological polar surface area (TPSA) is 101 Å². The van der Waals surface area contributed by atoms with Gasteiger partial charge in [-0.15, -0.1) is 0 Å². The second-order valence-electron chi connectivity index (χ2n) is 9.64. The van der Waals surface area contributed by atoms with Crippen LogP contribution in [-0.2, 0) is 22.6 Å². The molecule has 40 heavy (non-hydrogen) atoms. The fourth-order valence-electron chi connectivity index (χ4n) is 5.27. The Bertz CT molecular complexity index is 1630. The first-order chi connectivity index (χ1) is 19.4. The highest BCUT2D eigenvalue weighted by Gasteiger charge is 2.29. The number of halogens is 2. The predicted octanol–water partition coefficient (Wildman–Crippen LogP) is 4.64. The van der Waals surface area contributed by atoms with Crippen LogP contribution >= 0.6 is 23.2 Å². The molecule has 0 N–H and O–H groups in total. The molecule has 1 aromatic carbocycles. The van der Waals surface area contributed by atoms with Gasteiger partial charge >= 0.3 is 5.97 Å². The molecule has 0 saturated carbocycles. The Labute approximate surface area is 240 Å². The number of ether oxygens (including phenoxy) is 3. The van der Waals surface area contributed by atoms with Crippen molar-refractivity contribution >= 4 is 45.8 Å². The van der Waals surface area contributed by atoms with Gasteiger partial charge in [-0.1, -0.05) is 23.2 Å². The third-order valence-corrected chi connectivity index (χ3v) is 7.78. The number of aromatic nitrogens is 4. The summed E-state index contributed by atoms with van der Waals surface area (Å²) >= 11 is 13.1. The van der Waals surface area contributed by atoms with Gasteiger partial charge in [0, 0.05) is 30.4 Å². The van der Waals surface area contributed by atoms with Crippen molar-refractivity contribution in [3.05, 3.63) is 74.3 Å². The Balaban J connectivity index is 1.44. The van der Waals surface area contributed by atoms with Gasteiger partial charge in [0.1, 0.15) is 17.2 Å². The van der Waals surface area contributed by atoms with Crippen LogP contribution in [0, 0.1) is 0 Å². The summed E-state index contributed by atoms with van der Waals surface area (Å²) in [4.78, 5) is 32.6. The van der Waals surface area contributed by atoms with E-state index in [4.69, 9.17) is 42.5 Å². The van der Waals surface area contributed by atoms with Crippen LogP contribution in [-0.4, -0.2) is 57.7 Å². The molecule has 0 spiro atoms. The second kappa shape index (κ2) is 11.1. The van der Waals surface area contributed by atoms with E-state index in [0.717, 1.165) is 30.8 Å². The lowest BCUT2D eigenvalue weighted by atomic mass is 10.1. The molecule has 6 rings (SSSR count). The van der Waals surface area contributed by atoms with E-state index in [-0.39, 0.29) is 18.2 Å². The molecule has 2 aliphatic rings. The van der Waals surface area contributed by atoms with Gasteiger partial charge in [0.05, 0.1) is 54.3 Å². The van der Waals surface area contributed by atoms with Gasteiger partial charge in [0.2, 0.25) is 11.3 Å². The predicted molar refractivity (Wildman–Crippen MR) is 151 cm³/mol. The number of anilines is 1. The molecule has 5 heterocycles. The summed E-state index contributed by atoms with van der Waals surface area (Å²) in [6.45, 7) is 4.59. The van der Waals surface area contributed by atoms with Gasteiger partial charge in [0.15, 0.2) is 5.82 Å². The van der Waals surface area contributed by atoms with Crippen LogP contribution in [0.3, 0.4) is 0 Å². The number of fused-ring (bicyclic) bond motifs is 2. The van der Waals surface area contributed by atoms with E-state index in [1.54, 1.807) is 35.9 Å². The van der Waals surface area contributed by atoms with Crippen LogP contribution in [0.2, 0.25) is 10.0 Å². The summed E-state index contributed by atoms with van der Waals surface area (Å²) in [6, 6.07) is 8.91. The van der Waals surface area contributed by atoms with Crippen LogP contribution in [0.1, 0.15) is 35.8 Å². The van der Waals surface area contributed by atoms with E-state index in [1.807, 2.05) is 16.8 Å². The van der Waals surface area contributed by atoms with Crippen LogP contribution in [0.5, 0.6) is 5.88 Å². The zero-order chi connectivity index (χ0) is 27.8. The first-order valence-corrected chi connectivity index (χ1v) is 13.9. The third kappa shape index (κ3) is 4.91. The molecule has 208 valence electrons. The summed E-state index contributed by atoms with van der Waals surface area (Å²) in [5.74, 6) is 0.254. The molecule has 3 aromatic heterocycles. The molecule has 0 bridgehead atoms. The third-order valence-electron chi connectivity index (χ3n) is 7.19. The van der Waals surface area contributed by atoms with Crippen molar-refractivity contribution in [1.82, 2.24) is 19.3 Å². The molecular formula is C28H27Cl2N5O5. The first kappa shape index (κ1) is 26.6. The molecular weight excluding hydrogens is 557 g/mol. The molecule has 4 aromatic rings. The van der Waals surface area contributed by atoms with Gasteiger partial charge < -0.3 is 19.1 Å². The molecule has 0 radical (unpaired) electrons. The van der Waals surface area contributed by atoms with E-state index >= 15 is 0 Å². The van der Waals surface area contributed by atoms with Crippen molar-refractivity contribution in [3.8, 4) is 11.7 Å². The zero-order valence-electron chi connectivity index (χ0n) is 21.8. The van der Waals surface area contributed by atoms with Gasteiger partial charge in [-0.05, 0) is 44.0 Å². The van der Waals surface area contributed by atoms with Gasteiger partial charge in [0.25, 0.3) is 0 Å². The fourth-order valence-corrected chi connectivity index (χ4v) is 5.72. The largest absolute Gasteiger partial charge is 0.474 e. The lowest BCUT2D eigenvalue weighted by molar-refractivity contribution is 0.0524. The van der Waals surface area contributed by atoms with E-state index in [1.165, 1.54) is 6.20 Å². The average Bonchev–Trinajstić information content (AvgIpc) is 3.60. The maximum Gasteiger partial charge on any atom is 0.343 e. The SMILES string of the molecule is CCOC(=O)c1cn(-c2cc3n(n2)CCOC3)c2cc(N3CCC[C@@H]3COc3ncccc3Cl)c(Cl)cc2c1=O. The van der Waals surface area contributed by atoms with Crippen molar-refractivity contribution in [1.29, 1.82) is 0 Å². The highest BCUT2D eigenvalue weighted by molar-refractivity contribution is 6.34. The van der Waals surface area contributed by atoms with Crippen molar-refractivity contribution in [2.45, 2.75) is 39.0 Å². The number of hydrogen-bond donors (Lipinski definition) is 0. The quantitative estimate of drug-likeness (QED) is 0.290. The summed E-state index contributed by atoms with van der Waals surface area (Å²) in [6.07, 6.45) is 4.97. The number of rotatable bonds is 7. The Hall–Kier alpha value is -3.60. The molecule has 0 amide bonds. The van der Waals surface area contributed by atoms with E-state index < -0.39 is 11.4 Å². The summed E-state index contributed by atoms with van der Waals surface area (Å²) in [7, 11) is 0. The summed E-state index contributed by atoms with van der Waals surface area (Å²) < 4.78 is 20.4. The van der Waals surface area contributed by atoms with Gasteiger partial charge in [-0.25, -0.2) is 9.78 Å². The second-order valence-corrected chi connectivity index (χ2v) is 10.5. The van der Waals surface area contributed by atoms with E-state index in [0.29, 0.717) is 59.0 Å². The molecule has 1 saturated heterocycles. The van der Waals surface area contributed by atoms with Crippen molar-refractivity contribution < 1.29 is 19.0 Å². The molecule has 1 atom stereocenters. The van der Waals surface area contributed by atoms with Crippen molar-refractivity contribution in [2.24, 2.45) is 0 Å². The summed E-state index contributed by atoms with van der Waals surface area (Å²) in [5.41, 5.74) is 1.71. The summed E-state index contributed by atoms with van der Waals surface area (Å²) in [5, 5.41) is 5.89. The molecule has 2 aliphatic heterocycles. The monoisotopic (exact) mass is 583 g/mol. The normalized spacial score (nSPS) is 16.8. The van der Waals surface area contributed by atoms with E-state index in [2.05, 4.69) is 9.88 Å². The van der Waals surface area contributed by atoms with E-state index in [9.17, 15) is 9.59 Å². The Kier molecular flexibility index (Phi) is 7.39. The fraction of sp³-hybridized carbons (Fsp3) is 0.357. The molecule has 1 fully saturated rings. The highest BCUT2D eigenvalue weighted by atomic mass is 35.5. The smallest absolute Gasteiger partial charge is 0.343 e. The Morgan fingerprint density at radius 1 is 1.20 bits per heavy atom. The standard InChI is InChI=1S/C28H27Cl2N5O5/c1-2-39-28(37)20-14-34(25-11-18-15-38-10-9-35(18)32-25)23-13-24(22(30)12-19(23)26(20)36)33-8-4-5-17(33)16-40-27-21(29)6-3-7-31-27/h3,6-7,11-14,17H,2,4-5,8-10,15-16H2,1H3/t17-/m1/s1. The average molecular weight is 584 g/mol. The Morgan fingerprint density at radius 3 is 2.88 bits per heavy atom. The van der Waals surface area contributed by atoms with Crippen molar-refractivity contribution in [2.75, 3.05) is 31.3 Å². The molecule has 0 aliphatic carbocycles. The van der Waals surface area contributed by atoms with Crippen molar-refractivity contribution in [3.63, 3.8) is 0 Å². The van der Waals surface area contributed by atoms with Crippen LogP contribution < -0.4 is 15.1 Å². The number of hydrogen-bond acceptors (Lipinski definition) is 8. The highest BCUT2D eigenvalue weighted by Crippen LogP contribution is 2.36. The number of carbonyl (C=O) groups excluding carboxylic acids is 1. The maximum absolute atomic E-state index is 13.5. The molecule has 10 nitrogen and oxygen atoms in total. The van der Waals surface area contributed by atoms with Gasteiger partial charge in [-0.3, -0.25) is 14.0 Å². The lowest BCUT2D eigenvalue weighted by Gasteiger charge is -2.28. The number of esters is 1. The van der Waals surface area contributed by atoms with Crippen LogP contribution in [0.4, 0.5) is 5.69 Å². The minimum atomic E-state index is -0.694. The number of benzene rings is 1.